The van der Waals surface area contributed by atoms with Crippen molar-refractivity contribution in [3.63, 3.8) is 0 Å². The van der Waals surface area contributed by atoms with E-state index < -0.39 is 6.09 Å². The molecule has 3 aromatic heterocycles. The van der Waals surface area contributed by atoms with Crippen molar-refractivity contribution in [2.45, 2.75) is 32.2 Å². The summed E-state index contributed by atoms with van der Waals surface area (Å²) in [6.45, 7) is 3.74. The van der Waals surface area contributed by atoms with Crippen LogP contribution in [0.4, 0.5) is 16.4 Å². The Hall–Kier alpha value is -4.77. The predicted molar refractivity (Wildman–Crippen MR) is 165 cm³/mol. The van der Waals surface area contributed by atoms with Gasteiger partial charge in [-0.05, 0) is 49.6 Å². The van der Waals surface area contributed by atoms with Crippen molar-refractivity contribution in [3.8, 4) is 22.9 Å². The molecule has 1 fully saturated rings. The molecule has 3 N–H and O–H groups in total. The van der Waals surface area contributed by atoms with Gasteiger partial charge in [0.1, 0.15) is 5.75 Å². The lowest BCUT2D eigenvalue weighted by Crippen LogP contribution is -2.44. The molecule has 0 radical (unpaired) electrons. The molecule has 4 heterocycles. The van der Waals surface area contributed by atoms with Crippen molar-refractivity contribution in [2.75, 3.05) is 30.3 Å². The van der Waals surface area contributed by atoms with Crippen molar-refractivity contribution in [1.82, 2.24) is 24.8 Å². The zero-order valence-corrected chi connectivity index (χ0v) is 24.0. The number of hydrogen-bond acceptors (Lipinski definition) is 9. The van der Waals surface area contributed by atoms with E-state index in [1.165, 1.54) is 4.90 Å². The highest BCUT2D eigenvalue weighted by atomic mass is 32.1. The SMILES string of the molecule is Cc1ccc2c(NCCc3cscn3)cccc2c1Oc1ncccc1-c1ccnc(NC2CCCN(C(=O)O)C2)n1. The van der Waals surface area contributed by atoms with Crippen LogP contribution in [0, 0.1) is 6.92 Å². The Bertz CT molecular complexity index is 1700. The van der Waals surface area contributed by atoms with Gasteiger partial charge in [0, 0.05) is 66.3 Å². The Morgan fingerprint density at radius 2 is 2.02 bits per heavy atom. The number of piperidine rings is 1. The molecule has 0 saturated carbocycles. The summed E-state index contributed by atoms with van der Waals surface area (Å²) in [6.07, 6.45) is 4.97. The summed E-state index contributed by atoms with van der Waals surface area (Å²) < 4.78 is 6.56. The number of nitrogens with zero attached hydrogens (tertiary/aromatic N) is 5. The van der Waals surface area contributed by atoms with Crippen LogP contribution in [0.15, 0.2) is 71.8 Å². The second-order valence-electron chi connectivity index (χ2n) is 10.2. The maximum atomic E-state index is 11.4. The molecular weight excluding hydrogens is 550 g/mol. The average Bonchev–Trinajstić information content (AvgIpc) is 3.53. The summed E-state index contributed by atoms with van der Waals surface area (Å²) in [5, 5.41) is 20.4. The first-order valence-corrected chi connectivity index (χ1v) is 14.8. The molecular formula is C31H31N7O3S. The van der Waals surface area contributed by atoms with E-state index in [1.807, 2.05) is 36.7 Å². The standard InChI is InChI=1S/C31H31N7O3S/c1-20-9-10-23-24(6-2-8-26(23)32-14-11-22-18-42-19-35-22)28(20)41-29-25(7-3-13-33-29)27-12-15-34-30(37-27)36-21-5-4-16-38(17-21)31(39)40/h2-3,6-10,12-13,15,18-19,21,32H,4-5,11,14,16-17H2,1H3,(H,39,40)(H,34,36,37). The summed E-state index contributed by atoms with van der Waals surface area (Å²) in [5.74, 6) is 1.61. The molecule has 6 rings (SSSR count). The molecule has 0 bridgehead atoms. The minimum Gasteiger partial charge on any atom is -0.465 e. The summed E-state index contributed by atoms with van der Waals surface area (Å²) in [4.78, 5) is 30.9. The molecule has 1 unspecified atom stereocenters. The molecule has 1 atom stereocenters. The van der Waals surface area contributed by atoms with Crippen LogP contribution in [0.2, 0.25) is 0 Å². The van der Waals surface area contributed by atoms with Gasteiger partial charge in [-0.15, -0.1) is 11.3 Å². The summed E-state index contributed by atoms with van der Waals surface area (Å²) in [5.41, 5.74) is 6.35. The first-order chi connectivity index (χ1) is 20.5. The van der Waals surface area contributed by atoms with E-state index in [2.05, 4.69) is 55.2 Å². The van der Waals surface area contributed by atoms with E-state index in [-0.39, 0.29) is 6.04 Å². The van der Waals surface area contributed by atoms with Gasteiger partial charge in [-0.1, -0.05) is 24.3 Å². The highest BCUT2D eigenvalue weighted by molar-refractivity contribution is 7.07. The summed E-state index contributed by atoms with van der Waals surface area (Å²) >= 11 is 1.61. The third-order valence-electron chi connectivity index (χ3n) is 7.32. The van der Waals surface area contributed by atoms with Crippen molar-refractivity contribution >= 4 is 39.8 Å². The minimum absolute atomic E-state index is 0.0580. The number of hydrogen-bond donors (Lipinski definition) is 3. The average molecular weight is 582 g/mol. The third-order valence-corrected chi connectivity index (χ3v) is 7.95. The number of aryl methyl sites for hydroxylation is 1. The maximum Gasteiger partial charge on any atom is 0.407 e. The number of rotatable bonds is 9. The topological polar surface area (TPSA) is 125 Å². The molecule has 5 aromatic rings. The van der Waals surface area contributed by atoms with Crippen LogP contribution in [0.1, 0.15) is 24.1 Å². The smallest absolute Gasteiger partial charge is 0.407 e. The molecule has 1 aliphatic heterocycles. The van der Waals surface area contributed by atoms with E-state index in [4.69, 9.17) is 9.72 Å². The van der Waals surface area contributed by atoms with Crippen LogP contribution in [0.5, 0.6) is 11.6 Å². The fraction of sp³-hybridized carbons (Fsp3) is 0.258. The van der Waals surface area contributed by atoms with E-state index in [1.54, 1.807) is 23.7 Å². The Labute approximate surface area is 247 Å². The van der Waals surface area contributed by atoms with Gasteiger partial charge >= 0.3 is 6.09 Å². The number of amides is 1. The Balaban J connectivity index is 1.25. The number of carbonyl (C=O) groups is 1. The molecule has 1 saturated heterocycles. The van der Waals surface area contributed by atoms with Crippen molar-refractivity contribution < 1.29 is 14.6 Å². The number of fused-ring (bicyclic) bond motifs is 1. The zero-order valence-electron chi connectivity index (χ0n) is 23.2. The van der Waals surface area contributed by atoms with E-state index >= 15 is 0 Å². The molecule has 0 aliphatic carbocycles. The number of thiazole rings is 1. The van der Waals surface area contributed by atoms with E-state index in [9.17, 15) is 9.90 Å². The number of carboxylic acid groups (broad SMARTS) is 1. The van der Waals surface area contributed by atoms with Crippen LogP contribution in [-0.4, -0.2) is 61.7 Å². The second-order valence-corrected chi connectivity index (χ2v) is 10.9. The van der Waals surface area contributed by atoms with Crippen molar-refractivity contribution in [3.05, 3.63) is 83.1 Å². The number of pyridine rings is 1. The van der Waals surface area contributed by atoms with Gasteiger partial charge in [0.25, 0.3) is 0 Å². The fourth-order valence-corrected chi connectivity index (χ4v) is 5.80. The van der Waals surface area contributed by atoms with E-state index in [0.717, 1.165) is 64.8 Å². The van der Waals surface area contributed by atoms with Crippen LogP contribution in [0.25, 0.3) is 22.0 Å². The molecule has 0 spiro atoms. The molecule has 10 nitrogen and oxygen atoms in total. The second kappa shape index (κ2) is 12.4. The quantitative estimate of drug-likeness (QED) is 0.180. The van der Waals surface area contributed by atoms with E-state index in [0.29, 0.717) is 30.6 Å². The number of anilines is 2. The highest BCUT2D eigenvalue weighted by Gasteiger charge is 2.24. The molecule has 42 heavy (non-hydrogen) atoms. The van der Waals surface area contributed by atoms with Gasteiger partial charge in [0.15, 0.2) is 0 Å². The number of aromatic nitrogens is 4. The van der Waals surface area contributed by atoms with Gasteiger partial charge in [0.2, 0.25) is 11.8 Å². The van der Waals surface area contributed by atoms with Gasteiger partial charge < -0.3 is 25.4 Å². The molecule has 2 aromatic carbocycles. The monoisotopic (exact) mass is 581 g/mol. The number of ether oxygens (including phenoxy) is 1. The molecule has 214 valence electrons. The lowest BCUT2D eigenvalue weighted by atomic mass is 10.0. The first-order valence-electron chi connectivity index (χ1n) is 13.9. The predicted octanol–water partition coefficient (Wildman–Crippen LogP) is 6.46. The van der Waals surface area contributed by atoms with Gasteiger partial charge in [-0.3, -0.25) is 0 Å². The third kappa shape index (κ3) is 6.10. The normalized spacial score (nSPS) is 15.0. The summed E-state index contributed by atoms with van der Waals surface area (Å²) in [7, 11) is 0. The van der Waals surface area contributed by atoms with Crippen LogP contribution in [0.3, 0.4) is 0 Å². The summed E-state index contributed by atoms with van der Waals surface area (Å²) in [6, 6.07) is 15.9. The number of benzene rings is 2. The van der Waals surface area contributed by atoms with Gasteiger partial charge in [-0.25, -0.2) is 24.7 Å². The largest absolute Gasteiger partial charge is 0.465 e. The van der Waals surface area contributed by atoms with Crippen LogP contribution >= 0.6 is 11.3 Å². The van der Waals surface area contributed by atoms with Crippen LogP contribution < -0.4 is 15.4 Å². The number of nitrogens with one attached hydrogen (secondary N) is 2. The maximum absolute atomic E-state index is 11.4. The lowest BCUT2D eigenvalue weighted by molar-refractivity contribution is 0.132. The fourth-order valence-electron chi connectivity index (χ4n) is 5.21. The number of likely N-dealkylation sites (tertiary alicyclic amines) is 1. The first kappa shape index (κ1) is 27.4. The Morgan fingerprint density at radius 3 is 2.88 bits per heavy atom. The highest BCUT2D eigenvalue weighted by Crippen LogP contribution is 2.38. The zero-order chi connectivity index (χ0) is 28.9. The molecule has 11 heteroatoms. The Morgan fingerprint density at radius 1 is 1.10 bits per heavy atom. The molecule has 1 aliphatic rings. The van der Waals surface area contributed by atoms with Gasteiger partial charge in [0.05, 0.1) is 22.5 Å². The molecule has 1 amide bonds. The van der Waals surface area contributed by atoms with Crippen molar-refractivity contribution in [1.29, 1.82) is 0 Å². The Kier molecular flexibility index (Phi) is 8.09. The lowest BCUT2D eigenvalue weighted by Gasteiger charge is -2.31. The van der Waals surface area contributed by atoms with Crippen LogP contribution in [-0.2, 0) is 6.42 Å². The van der Waals surface area contributed by atoms with Crippen molar-refractivity contribution in [2.24, 2.45) is 0 Å². The minimum atomic E-state index is -0.907. The van der Waals surface area contributed by atoms with Gasteiger partial charge in [-0.2, -0.15) is 0 Å².